The van der Waals surface area contributed by atoms with Gasteiger partial charge in [-0.25, -0.2) is 8.78 Å². The van der Waals surface area contributed by atoms with E-state index in [1.165, 1.54) is 6.07 Å². The van der Waals surface area contributed by atoms with Gasteiger partial charge in [0.25, 0.3) is 0 Å². The molecule has 1 aromatic rings. The summed E-state index contributed by atoms with van der Waals surface area (Å²) in [5, 5.41) is 0. The van der Waals surface area contributed by atoms with Gasteiger partial charge in [-0.1, -0.05) is 11.8 Å². The molecule has 0 spiro atoms. The highest BCUT2D eigenvalue weighted by molar-refractivity contribution is 5.34. The monoisotopic (exact) mass is 195 g/mol. The van der Waals surface area contributed by atoms with Crippen molar-refractivity contribution < 1.29 is 8.78 Å². The standard InChI is InChI=1S/C11H11F2N/c12-10-6-5-9(8-11(10)13)4-2-1-3-7-14/h5-6,8H,1,3,7,14H2. The molecule has 0 fully saturated rings. The lowest BCUT2D eigenvalue weighted by Gasteiger charge is -1.92. The Bertz CT molecular complexity index is 363. The van der Waals surface area contributed by atoms with Gasteiger partial charge in [0, 0.05) is 12.0 Å². The average Bonchev–Trinajstić information content (AvgIpc) is 2.18. The van der Waals surface area contributed by atoms with E-state index in [1.807, 2.05) is 0 Å². The van der Waals surface area contributed by atoms with E-state index < -0.39 is 11.6 Å². The lowest BCUT2D eigenvalue weighted by molar-refractivity contribution is 0.508. The molecule has 0 atom stereocenters. The van der Waals surface area contributed by atoms with Gasteiger partial charge >= 0.3 is 0 Å². The average molecular weight is 195 g/mol. The van der Waals surface area contributed by atoms with Crippen LogP contribution < -0.4 is 5.73 Å². The first-order valence-electron chi connectivity index (χ1n) is 4.38. The molecule has 0 aliphatic heterocycles. The van der Waals surface area contributed by atoms with E-state index in [0.29, 0.717) is 18.5 Å². The van der Waals surface area contributed by atoms with E-state index in [2.05, 4.69) is 11.8 Å². The first-order valence-corrected chi connectivity index (χ1v) is 4.38. The topological polar surface area (TPSA) is 26.0 Å². The Labute approximate surface area is 81.9 Å². The number of hydrogen-bond donors (Lipinski definition) is 1. The minimum Gasteiger partial charge on any atom is -0.330 e. The van der Waals surface area contributed by atoms with Crippen LogP contribution in [0, 0.1) is 23.5 Å². The number of rotatable bonds is 2. The summed E-state index contributed by atoms with van der Waals surface area (Å²) in [6.45, 7) is 0.590. The first-order chi connectivity index (χ1) is 6.74. The highest BCUT2D eigenvalue weighted by Gasteiger charge is 1.99. The van der Waals surface area contributed by atoms with E-state index in [-0.39, 0.29) is 0 Å². The van der Waals surface area contributed by atoms with Gasteiger partial charge in [-0.2, -0.15) is 0 Å². The fourth-order valence-corrected chi connectivity index (χ4v) is 0.929. The van der Waals surface area contributed by atoms with Crippen LogP contribution in [0.15, 0.2) is 18.2 Å². The second kappa shape index (κ2) is 5.36. The van der Waals surface area contributed by atoms with Crippen molar-refractivity contribution in [2.24, 2.45) is 5.73 Å². The summed E-state index contributed by atoms with van der Waals surface area (Å²) in [4.78, 5) is 0. The lowest BCUT2D eigenvalue weighted by atomic mass is 10.2. The minimum atomic E-state index is -0.865. The molecule has 3 heteroatoms. The van der Waals surface area contributed by atoms with Crippen LogP contribution in [-0.4, -0.2) is 6.54 Å². The summed E-state index contributed by atoms with van der Waals surface area (Å²) in [6.07, 6.45) is 1.49. The zero-order chi connectivity index (χ0) is 10.4. The summed E-state index contributed by atoms with van der Waals surface area (Å²) in [7, 11) is 0. The molecule has 0 saturated carbocycles. The third-order valence-corrected chi connectivity index (χ3v) is 1.66. The third kappa shape index (κ3) is 3.15. The van der Waals surface area contributed by atoms with Crippen LogP contribution in [0.2, 0.25) is 0 Å². The van der Waals surface area contributed by atoms with Crippen LogP contribution in [0.25, 0.3) is 0 Å². The van der Waals surface area contributed by atoms with Crippen LogP contribution in [0.5, 0.6) is 0 Å². The molecule has 0 heterocycles. The largest absolute Gasteiger partial charge is 0.330 e. The highest BCUT2D eigenvalue weighted by atomic mass is 19.2. The van der Waals surface area contributed by atoms with E-state index in [9.17, 15) is 8.78 Å². The number of benzene rings is 1. The second-order valence-corrected chi connectivity index (χ2v) is 2.82. The van der Waals surface area contributed by atoms with Gasteiger partial charge < -0.3 is 5.73 Å². The van der Waals surface area contributed by atoms with E-state index in [1.54, 1.807) is 0 Å². The Hall–Kier alpha value is -1.40. The molecule has 0 amide bonds. The van der Waals surface area contributed by atoms with Crippen LogP contribution in [-0.2, 0) is 0 Å². The first kappa shape index (κ1) is 10.7. The Kier molecular flexibility index (Phi) is 4.09. The number of hydrogen-bond acceptors (Lipinski definition) is 1. The molecule has 0 bridgehead atoms. The molecule has 1 rings (SSSR count). The van der Waals surface area contributed by atoms with Crippen LogP contribution in [0.4, 0.5) is 8.78 Å². The Morgan fingerprint density at radius 3 is 2.64 bits per heavy atom. The SMILES string of the molecule is NCCCC#Cc1ccc(F)c(F)c1. The molecule has 0 aliphatic carbocycles. The molecule has 0 aromatic heterocycles. The molecule has 0 saturated heterocycles. The Morgan fingerprint density at radius 1 is 1.21 bits per heavy atom. The summed E-state index contributed by atoms with van der Waals surface area (Å²) < 4.78 is 25.2. The van der Waals surface area contributed by atoms with Crippen molar-refractivity contribution in [3.63, 3.8) is 0 Å². The fraction of sp³-hybridized carbons (Fsp3) is 0.273. The van der Waals surface area contributed by atoms with E-state index >= 15 is 0 Å². The molecule has 1 nitrogen and oxygen atoms in total. The fourth-order valence-electron chi connectivity index (χ4n) is 0.929. The minimum absolute atomic E-state index is 0.487. The zero-order valence-electron chi connectivity index (χ0n) is 7.69. The summed E-state index contributed by atoms with van der Waals surface area (Å²) in [5.41, 5.74) is 5.76. The van der Waals surface area contributed by atoms with E-state index in [4.69, 9.17) is 5.73 Å². The lowest BCUT2D eigenvalue weighted by Crippen LogP contribution is -1.96. The normalized spacial score (nSPS) is 9.36. The summed E-state index contributed by atoms with van der Waals surface area (Å²) in [5.74, 6) is 3.85. The number of halogens is 2. The van der Waals surface area contributed by atoms with Gasteiger partial charge in [-0.3, -0.25) is 0 Å². The molecular weight excluding hydrogens is 184 g/mol. The van der Waals surface area contributed by atoms with Crippen molar-refractivity contribution in [2.45, 2.75) is 12.8 Å². The van der Waals surface area contributed by atoms with Crippen molar-refractivity contribution in [1.29, 1.82) is 0 Å². The molecular formula is C11H11F2N. The molecule has 74 valence electrons. The molecule has 0 radical (unpaired) electrons. The quantitative estimate of drug-likeness (QED) is 0.567. The molecule has 2 N–H and O–H groups in total. The maximum Gasteiger partial charge on any atom is 0.160 e. The maximum atomic E-state index is 12.7. The maximum absolute atomic E-state index is 12.7. The van der Waals surface area contributed by atoms with Gasteiger partial charge in [-0.05, 0) is 31.2 Å². The Morgan fingerprint density at radius 2 is 2.00 bits per heavy atom. The van der Waals surface area contributed by atoms with Crippen molar-refractivity contribution in [2.75, 3.05) is 6.54 Å². The highest BCUT2D eigenvalue weighted by Crippen LogP contribution is 2.07. The summed E-state index contributed by atoms with van der Waals surface area (Å²) in [6, 6.07) is 3.61. The van der Waals surface area contributed by atoms with Gasteiger partial charge in [0.15, 0.2) is 11.6 Å². The zero-order valence-corrected chi connectivity index (χ0v) is 7.69. The van der Waals surface area contributed by atoms with Crippen molar-refractivity contribution in [3.8, 4) is 11.8 Å². The summed E-state index contributed by atoms with van der Waals surface area (Å²) >= 11 is 0. The van der Waals surface area contributed by atoms with Crippen molar-refractivity contribution >= 4 is 0 Å². The second-order valence-electron chi connectivity index (χ2n) is 2.82. The van der Waals surface area contributed by atoms with Gasteiger partial charge in [0.05, 0.1) is 0 Å². The van der Waals surface area contributed by atoms with Gasteiger partial charge in [-0.15, -0.1) is 0 Å². The van der Waals surface area contributed by atoms with Crippen LogP contribution >= 0.6 is 0 Å². The van der Waals surface area contributed by atoms with Crippen molar-refractivity contribution in [3.05, 3.63) is 35.4 Å². The Balaban J connectivity index is 2.66. The smallest absolute Gasteiger partial charge is 0.160 e. The van der Waals surface area contributed by atoms with Crippen LogP contribution in [0.1, 0.15) is 18.4 Å². The number of nitrogens with two attached hydrogens (primary N) is 1. The predicted octanol–water partition coefficient (Wildman–Crippen LogP) is 2.06. The molecule has 0 aliphatic rings. The van der Waals surface area contributed by atoms with E-state index in [0.717, 1.165) is 18.6 Å². The molecule has 0 unspecified atom stereocenters. The molecule has 1 aromatic carbocycles. The van der Waals surface area contributed by atoms with Gasteiger partial charge in [0.2, 0.25) is 0 Å². The van der Waals surface area contributed by atoms with Crippen molar-refractivity contribution in [1.82, 2.24) is 0 Å². The third-order valence-electron chi connectivity index (χ3n) is 1.66. The van der Waals surface area contributed by atoms with Crippen LogP contribution in [0.3, 0.4) is 0 Å². The number of unbranched alkanes of at least 4 members (excludes halogenated alkanes) is 1. The van der Waals surface area contributed by atoms with Gasteiger partial charge in [0.1, 0.15) is 0 Å². The predicted molar refractivity (Wildman–Crippen MR) is 51.5 cm³/mol. The molecule has 14 heavy (non-hydrogen) atoms.